The van der Waals surface area contributed by atoms with Gasteiger partial charge in [-0.1, -0.05) is 12.1 Å². The summed E-state index contributed by atoms with van der Waals surface area (Å²) in [4.78, 5) is 23.3. The van der Waals surface area contributed by atoms with E-state index in [1.807, 2.05) is 0 Å². The number of furan rings is 1. The number of halogens is 1. The van der Waals surface area contributed by atoms with Gasteiger partial charge in [0.2, 0.25) is 5.91 Å². The first kappa shape index (κ1) is 13.8. The Hall–Kier alpha value is -2.63. The van der Waals surface area contributed by atoms with Crippen LogP contribution < -0.4 is 10.9 Å². The molecule has 0 saturated heterocycles. The minimum atomic E-state index is -0.469. The highest BCUT2D eigenvalue weighted by atomic mass is 19.1. The van der Waals surface area contributed by atoms with Crippen LogP contribution in [0.4, 0.5) is 4.39 Å². The first-order valence-electron chi connectivity index (χ1n) is 5.94. The molecule has 0 aliphatic rings. The Bertz CT molecular complexity index is 637. The van der Waals surface area contributed by atoms with Crippen LogP contribution in [0.3, 0.4) is 0 Å². The highest BCUT2D eigenvalue weighted by molar-refractivity contribution is 5.96. The van der Waals surface area contributed by atoms with E-state index in [-0.39, 0.29) is 6.42 Å². The summed E-state index contributed by atoms with van der Waals surface area (Å²) < 4.78 is 17.9. The van der Waals surface area contributed by atoms with Crippen LogP contribution in [0.2, 0.25) is 0 Å². The van der Waals surface area contributed by atoms with Crippen LogP contribution in [-0.4, -0.2) is 11.8 Å². The normalized spacial score (nSPS) is 10.1. The van der Waals surface area contributed by atoms with Crippen molar-refractivity contribution in [1.82, 2.24) is 10.9 Å². The van der Waals surface area contributed by atoms with Crippen molar-refractivity contribution in [2.75, 3.05) is 0 Å². The van der Waals surface area contributed by atoms with Crippen LogP contribution in [-0.2, 0) is 11.2 Å². The quantitative estimate of drug-likeness (QED) is 0.839. The third-order valence-corrected chi connectivity index (χ3v) is 2.67. The van der Waals surface area contributed by atoms with E-state index in [9.17, 15) is 14.0 Å². The standard InChI is InChI=1S/C14H13FN2O3/c1-9-12(5-6-20-9)14(19)17-16-13(18)8-10-3-2-4-11(15)7-10/h2-7H,8H2,1H3,(H,16,18)(H,17,19). The van der Waals surface area contributed by atoms with Crippen LogP contribution in [0.15, 0.2) is 41.0 Å². The van der Waals surface area contributed by atoms with Gasteiger partial charge in [-0.3, -0.25) is 20.4 Å². The molecule has 5 nitrogen and oxygen atoms in total. The van der Waals surface area contributed by atoms with Crippen molar-refractivity contribution in [1.29, 1.82) is 0 Å². The molecule has 0 spiro atoms. The van der Waals surface area contributed by atoms with Crippen molar-refractivity contribution < 1.29 is 18.4 Å². The van der Waals surface area contributed by atoms with Gasteiger partial charge in [0.1, 0.15) is 11.6 Å². The second kappa shape index (κ2) is 6.01. The van der Waals surface area contributed by atoms with Gasteiger partial charge in [0.05, 0.1) is 18.2 Å². The molecule has 2 amide bonds. The first-order chi connectivity index (χ1) is 9.56. The first-order valence-corrected chi connectivity index (χ1v) is 5.94. The fourth-order valence-corrected chi connectivity index (χ4v) is 1.69. The van der Waals surface area contributed by atoms with Gasteiger partial charge in [-0.2, -0.15) is 0 Å². The van der Waals surface area contributed by atoms with Crippen LogP contribution >= 0.6 is 0 Å². The van der Waals surface area contributed by atoms with Gasteiger partial charge >= 0.3 is 0 Å². The minimum absolute atomic E-state index is 0.0254. The number of aryl methyl sites for hydroxylation is 1. The van der Waals surface area contributed by atoms with E-state index in [4.69, 9.17) is 4.42 Å². The van der Waals surface area contributed by atoms with Gasteiger partial charge in [0.25, 0.3) is 5.91 Å². The summed E-state index contributed by atoms with van der Waals surface area (Å²) in [5.74, 6) is -0.857. The molecule has 0 bridgehead atoms. The Morgan fingerprint density at radius 1 is 1.25 bits per heavy atom. The third kappa shape index (κ3) is 3.44. The molecule has 20 heavy (non-hydrogen) atoms. The minimum Gasteiger partial charge on any atom is -0.469 e. The van der Waals surface area contributed by atoms with Crippen LogP contribution in [0.5, 0.6) is 0 Å². The molecule has 0 unspecified atom stereocenters. The lowest BCUT2D eigenvalue weighted by atomic mass is 10.1. The Kier molecular flexibility index (Phi) is 4.14. The number of nitrogens with one attached hydrogen (secondary N) is 2. The van der Waals surface area contributed by atoms with Crippen molar-refractivity contribution in [3.05, 3.63) is 59.3 Å². The van der Waals surface area contributed by atoms with E-state index in [2.05, 4.69) is 10.9 Å². The van der Waals surface area contributed by atoms with Gasteiger partial charge in [-0.05, 0) is 30.7 Å². The highest BCUT2D eigenvalue weighted by Gasteiger charge is 2.12. The largest absolute Gasteiger partial charge is 0.469 e. The molecule has 0 saturated carbocycles. The average Bonchev–Trinajstić information content (AvgIpc) is 2.82. The monoisotopic (exact) mass is 276 g/mol. The Morgan fingerprint density at radius 2 is 2.05 bits per heavy atom. The Balaban J connectivity index is 1.87. The van der Waals surface area contributed by atoms with Crippen LogP contribution in [0, 0.1) is 12.7 Å². The molecule has 0 fully saturated rings. The second-order valence-corrected chi connectivity index (χ2v) is 4.20. The van der Waals surface area contributed by atoms with E-state index in [1.165, 1.54) is 30.5 Å². The lowest BCUT2D eigenvalue weighted by Gasteiger charge is -2.07. The zero-order chi connectivity index (χ0) is 14.5. The molecule has 1 aromatic heterocycles. The third-order valence-electron chi connectivity index (χ3n) is 2.67. The predicted molar refractivity (Wildman–Crippen MR) is 69.2 cm³/mol. The molecular formula is C14H13FN2O3. The summed E-state index contributed by atoms with van der Waals surface area (Å²) in [5.41, 5.74) is 5.40. The maximum atomic E-state index is 13.0. The second-order valence-electron chi connectivity index (χ2n) is 4.20. The summed E-state index contributed by atoms with van der Waals surface area (Å²) in [6.45, 7) is 1.64. The van der Waals surface area contributed by atoms with Crippen molar-refractivity contribution in [2.45, 2.75) is 13.3 Å². The lowest BCUT2D eigenvalue weighted by Crippen LogP contribution is -2.42. The lowest BCUT2D eigenvalue weighted by molar-refractivity contribution is -0.121. The number of amides is 2. The maximum Gasteiger partial charge on any atom is 0.273 e. The number of hydrogen-bond donors (Lipinski definition) is 2. The number of hydrogen-bond acceptors (Lipinski definition) is 3. The molecule has 6 heteroatoms. The molecule has 0 atom stereocenters. The summed E-state index contributed by atoms with van der Waals surface area (Å²) in [6, 6.07) is 7.21. The number of carbonyl (C=O) groups excluding carboxylic acids is 2. The van der Waals surface area contributed by atoms with Gasteiger partial charge in [0.15, 0.2) is 0 Å². The Morgan fingerprint density at radius 3 is 2.70 bits per heavy atom. The number of benzene rings is 1. The molecular weight excluding hydrogens is 263 g/mol. The Labute approximate surface area is 114 Å². The SMILES string of the molecule is Cc1occc1C(=O)NNC(=O)Cc1cccc(F)c1. The zero-order valence-corrected chi connectivity index (χ0v) is 10.8. The molecule has 0 aliphatic heterocycles. The smallest absolute Gasteiger partial charge is 0.273 e. The fraction of sp³-hybridized carbons (Fsp3) is 0.143. The van der Waals surface area contributed by atoms with E-state index in [1.54, 1.807) is 13.0 Å². The predicted octanol–water partition coefficient (Wildman–Crippen LogP) is 1.73. The summed E-state index contributed by atoms with van der Waals surface area (Å²) in [6.07, 6.45) is 1.36. The van der Waals surface area contributed by atoms with Gasteiger partial charge in [0, 0.05) is 0 Å². The van der Waals surface area contributed by atoms with E-state index >= 15 is 0 Å². The molecule has 1 aromatic carbocycles. The highest BCUT2D eigenvalue weighted by Crippen LogP contribution is 2.07. The molecule has 1 heterocycles. The maximum absolute atomic E-state index is 13.0. The molecule has 2 rings (SSSR count). The van der Waals surface area contributed by atoms with Crippen LogP contribution in [0.25, 0.3) is 0 Å². The fourth-order valence-electron chi connectivity index (χ4n) is 1.69. The van der Waals surface area contributed by atoms with Gasteiger partial charge in [-0.25, -0.2) is 4.39 Å². The van der Waals surface area contributed by atoms with Crippen molar-refractivity contribution in [3.63, 3.8) is 0 Å². The topological polar surface area (TPSA) is 71.3 Å². The summed E-state index contributed by atoms with van der Waals surface area (Å²) in [5, 5.41) is 0. The average molecular weight is 276 g/mol. The zero-order valence-electron chi connectivity index (χ0n) is 10.8. The van der Waals surface area contributed by atoms with Crippen molar-refractivity contribution in [2.24, 2.45) is 0 Å². The molecule has 104 valence electrons. The number of hydrazine groups is 1. The summed E-state index contributed by atoms with van der Waals surface area (Å²) in [7, 11) is 0. The molecule has 2 aromatic rings. The van der Waals surface area contributed by atoms with Crippen molar-refractivity contribution in [3.8, 4) is 0 Å². The van der Waals surface area contributed by atoms with E-state index < -0.39 is 17.6 Å². The van der Waals surface area contributed by atoms with Gasteiger partial charge in [-0.15, -0.1) is 0 Å². The molecule has 0 aliphatic carbocycles. The van der Waals surface area contributed by atoms with Gasteiger partial charge < -0.3 is 4.42 Å². The van der Waals surface area contributed by atoms with Crippen molar-refractivity contribution >= 4 is 11.8 Å². The summed E-state index contributed by atoms with van der Waals surface area (Å²) >= 11 is 0. The van der Waals surface area contributed by atoms with E-state index in [0.29, 0.717) is 16.9 Å². The molecule has 2 N–H and O–H groups in total. The number of carbonyl (C=O) groups is 2. The van der Waals surface area contributed by atoms with E-state index in [0.717, 1.165) is 0 Å². The molecule has 0 radical (unpaired) electrons. The van der Waals surface area contributed by atoms with Crippen LogP contribution in [0.1, 0.15) is 21.7 Å². The number of rotatable bonds is 3.